The predicted octanol–water partition coefficient (Wildman–Crippen LogP) is -0.687. The molecule has 0 saturated carbocycles. The lowest BCUT2D eigenvalue weighted by Gasteiger charge is -2.22. The van der Waals surface area contributed by atoms with Gasteiger partial charge in [-0.3, -0.25) is 4.79 Å². The van der Waals surface area contributed by atoms with Gasteiger partial charge in [0.25, 0.3) is 5.91 Å². The average molecular weight is 253 g/mol. The largest absolute Gasteiger partial charge is 0.394 e. The summed E-state index contributed by atoms with van der Waals surface area (Å²) in [6, 6.07) is 0.0390. The smallest absolute Gasteiger partial charge is 0.273 e. The van der Waals surface area contributed by atoms with Crippen LogP contribution in [0, 0.1) is 0 Å². The molecule has 0 aliphatic carbocycles. The number of rotatable bonds is 4. The van der Waals surface area contributed by atoms with Crippen molar-refractivity contribution in [1.82, 2.24) is 25.6 Å². The van der Waals surface area contributed by atoms with E-state index >= 15 is 0 Å². The second-order valence-corrected chi connectivity index (χ2v) is 4.62. The maximum Gasteiger partial charge on any atom is 0.273 e. The summed E-state index contributed by atoms with van der Waals surface area (Å²) in [5.41, 5.74) is 0.300. The van der Waals surface area contributed by atoms with E-state index in [2.05, 4.69) is 20.9 Å². The summed E-state index contributed by atoms with van der Waals surface area (Å²) in [6.45, 7) is 3.57. The monoisotopic (exact) mass is 253 g/mol. The Hall–Kier alpha value is -1.47. The number of hydrogen-bond donors (Lipinski definition) is 3. The SMILES string of the molecule is C[C@H](CO)NC(=O)c1cn(C2CCNCC2)nn1. The van der Waals surface area contributed by atoms with Crippen molar-refractivity contribution in [2.75, 3.05) is 19.7 Å². The Labute approximate surface area is 106 Å². The van der Waals surface area contributed by atoms with Crippen LogP contribution < -0.4 is 10.6 Å². The quantitative estimate of drug-likeness (QED) is 0.661. The van der Waals surface area contributed by atoms with E-state index in [1.165, 1.54) is 0 Å². The maximum atomic E-state index is 11.8. The molecule has 18 heavy (non-hydrogen) atoms. The first kappa shape index (κ1) is 13.0. The fraction of sp³-hybridized carbons (Fsp3) is 0.727. The van der Waals surface area contributed by atoms with Crippen molar-refractivity contribution in [3.05, 3.63) is 11.9 Å². The molecular weight excluding hydrogens is 234 g/mol. The molecule has 0 spiro atoms. The Balaban J connectivity index is 1.98. The van der Waals surface area contributed by atoms with Crippen LogP contribution in [0.5, 0.6) is 0 Å². The number of aliphatic hydroxyl groups excluding tert-OH is 1. The molecular formula is C11H19N5O2. The van der Waals surface area contributed by atoms with E-state index in [9.17, 15) is 4.79 Å². The second-order valence-electron chi connectivity index (χ2n) is 4.62. The van der Waals surface area contributed by atoms with Gasteiger partial charge in [-0.15, -0.1) is 5.10 Å². The van der Waals surface area contributed by atoms with E-state index in [1.54, 1.807) is 17.8 Å². The molecule has 0 aromatic carbocycles. The summed E-state index contributed by atoms with van der Waals surface area (Å²) < 4.78 is 1.76. The number of nitrogens with one attached hydrogen (secondary N) is 2. The number of carbonyl (C=O) groups excluding carboxylic acids is 1. The Morgan fingerprint density at radius 1 is 1.67 bits per heavy atom. The van der Waals surface area contributed by atoms with Crippen molar-refractivity contribution >= 4 is 5.91 Å². The predicted molar refractivity (Wildman–Crippen MR) is 65.2 cm³/mol. The van der Waals surface area contributed by atoms with E-state index in [0.717, 1.165) is 25.9 Å². The minimum absolute atomic E-state index is 0.0891. The molecule has 100 valence electrons. The Morgan fingerprint density at radius 2 is 2.39 bits per heavy atom. The third-order valence-corrected chi connectivity index (χ3v) is 3.08. The summed E-state index contributed by atoms with van der Waals surface area (Å²) in [4.78, 5) is 11.8. The minimum atomic E-state index is -0.295. The molecule has 7 nitrogen and oxygen atoms in total. The van der Waals surface area contributed by atoms with E-state index in [0.29, 0.717) is 11.7 Å². The van der Waals surface area contributed by atoms with E-state index in [-0.39, 0.29) is 18.6 Å². The third kappa shape index (κ3) is 3.05. The zero-order chi connectivity index (χ0) is 13.0. The van der Waals surface area contributed by atoms with Crippen molar-refractivity contribution in [2.24, 2.45) is 0 Å². The first-order valence-corrected chi connectivity index (χ1v) is 6.25. The highest BCUT2D eigenvalue weighted by molar-refractivity contribution is 5.92. The minimum Gasteiger partial charge on any atom is -0.394 e. The molecule has 1 saturated heterocycles. The number of aromatic nitrogens is 3. The van der Waals surface area contributed by atoms with Gasteiger partial charge >= 0.3 is 0 Å². The van der Waals surface area contributed by atoms with Crippen LogP contribution in [-0.4, -0.2) is 51.7 Å². The van der Waals surface area contributed by atoms with E-state index in [4.69, 9.17) is 5.11 Å². The molecule has 7 heteroatoms. The zero-order valence-electron chi connectivity index (χ0n) is 10.5. The highest BCUT2D eigenvalue weighted by Gasteiger charge is 2.19. The van der Waals surface area contributed by atoms with Gasteiger partial charge in [-0.2, -0.15) is 0 Å². The third-order valence-electron chi connectivity index (χ3n) is 3.08. The Bertz CT molecular complexity index is 400. The molecule has 0 bridgehead atoms. The summed E-state index contributed by atoms with van der Waals surface area (Å²) in [5, 5.41) is 22.7. The number of nitrogens with zero attached hydrogens (tertiary/aromatic N) is 3. The van der Waals surface area contributed by atoms with E-state index in [1.807, 2.05) is 0 Å². The lowest BCUT2D eigenvalue weighted by molar-refractivity contribution is 0.0917. The topological polar surface area (TPSA) is 92.1 Å². The van der Waals surface area contributed by atoms with Crippen LogP contribution in [0.15, 0.2) is 6.20 Å². The molecule has 0 unspecified atom stereocenters. The summed E-state index contributed by atoms with van der Waals surface area (Å²) in [6.07, 6.45) is 3.67. The Kier molecular flexibility index (Phi) is 4.27. The number of amides is 1. The van der Waals surface area contributed by atoms with Gasteiger partial charge in [0, 0.05) is 6.04 Å². The molecule has 1 fully saturated rings. The number of piperidine rings is 1. The highest BCUT2D eigenvalue weighted by atomic mass is 16.3. The Morgan fingerprint density at radius 3 is 3.06 bits per heavy atom. The molecule has 3 N–H and O–H groups in total. The van der Waals surface area contributed by atoms with Crippen LogP contribution in [0.1, 0.15) is 36.3 Å². The summed E-state index contributed by atoms with van der Waals surface area (Å²) in [5.74, 6) is -0.295. The zero-order valence-corrected chi connectivity index (χ0v) is 10.5. The fourth-order valence-electron chi connectivity index (χ4n) is 1.97. The van der Waals surface area contributed by atoms with Gasteiger partial charge in [0.15, 0.2) is 5.69 Å². The van der Waals surface area contributed by atoms with Crippen LogP contribution in [0.25, 0.3) is 0 Å². The van der Waals surface area contributed by atoms with Gasteiger partial charge in [-0.05, 0) is 32.9 Å². The normalized spacial score (nSPS) is 18.6. The fourth-order valence-corrected chi connectivity index (χ4v) is 1.97. The van der Waals surface area contributed by atoms with Gasteiger partial charge < -0.3 is 15.7 Å². The van der Waals surface area contributed by atoms with Crippen molar-refractivity contribution in [2.45, 2.75) is 31.8 Å². The van der Waals surface area contributed by atoms with Crippen LogP contribution in [-0.2, 0) is 0 Å². The average Bonchev–Trinajstić information content (AvgIpc) is 2.89. The lowest BCUT2D eigenvalue weighted by atomic mass is 10.1. The highest BCUT2D eigenvalue weighted by Crippen LogP contribution is 2.16. The summed E-state index contributed by atoms with van der Waals surface area (Å²) in [7, 11) is 0. The molecule has 1 amide bonds. The first-order valence-electron chi connectivity index (χ1n) is 6.25. The molecule has 1 aliphatic rings. The molecule has 1 aromatic rings. The molecule has 1 aliphatic heterocycles. The van der Waals surface area contributed by atoms with Gasteiger partial charge in [0.1, 0.15) is 0 Å². The molecule has 1 aromatic heterocycles. The van der Waals surface area contributed by atoms with Crippen LogP contribution >= 0.6 is 0 Å². The van der Waals surface area contributed by atoms with Crippen molar-refractivity contribution in [3.63, 3.8) is 0 Å². The van der Waals surface area contributed by atoms with Crippen LogP contribution in [0.2, 0.25) is 0 Å². The molecule has 2 rings (SSSR count). The second kappa shape index (κ2) is 5.92. The number of hydrogen-bond acceptors (Lipinski definition) is 5. The van der Waals surface area contributed by atoms with Gasteiger partial charge in [0.05, 0.1) is 18.8 Å². The number of carbonyl (C=O) groups is 1. The van der Waals surface area contributed by atoms with Crippen LogP contribution in [0.3, 0.4) is 0 Å². The first-order chi connectivity index (χ1) is 8.70. The maximum absolute atomic E-state index is 11.8. The molecule has 1 atom stereocenters. The van der Waals surface area contributed by atoms with Gasteiger partial charge in [-0.25, -0.2) is 4.68 Å². The summed E-state index contributed by atoms with van der Waals surface area (Å²) >= 11 is 0. The van der Waals surface area contributed by atoms with Crippen molar-refractivity contribution in [1.29, 1.82) is 0 Å². The van der Waals surface area contributed by atoms with Gasteiger partial charge in [0.2, 0.25) is 0 Å². The van der Waals surface area contributed by atoms with Gasteiger partial charge in [-0.1, -0.05) is 5.21 Å². The van der Waals surface area contributed by atoms with Crippen LogP contribution in [0.4, 0.5) is 0 Å². The molecule has 0 radical (unpaired) electrons. The standard InChI is InChI=1S/C11H19N5O2/c1-8(7-17)13-11(18)10-6-16(15-14-10)9-2-4-12-5-3-9/h6,8-9,12,17H,2-5,7H2,1H3,(H,13,18)/t8-/m1/s1. The van der Waals surface area contributed by atoms with Crippen molar-refractivity contribution in [3.8, 4) is 0 Å². The molecule has 2 heterocycles. The number of aliphatic hydroxyl groups is 1. The lowest BCUT2D eigenvalue weighted by Crippen LogP contribution is -2.35. The van der Waals surface area contributed by atoms with Crippen molar-refractivity contribution < 1.29 is 9.90 Å². The van der Waals surface area contributed by atoms with E-state index < -0.39 is 0 Å².